The van der Waals surface area contributed by atoms with Gasteiger partial charge in [-0.2, -0.15) is 0 Å². The van der Waals surface area contributed by atoms with E-state index < -0.39 is 0 Å². The van der Waals surface area contributed by atoms with Crippen molar-refractivity contribution in [3.05, 3.63) is 58.7 Å². The van der Waals surface area contributed by atoms with Gasteiger partial charge in [-0.1, -0.05) is 31.2 Å². The van der Waals surface area contributed by atoms with Gasteiger partial charge < -0.3 is 9.84 Å². The maximum atomic E-state index is 12.9. The van der Waals surface area contributed by atoms with E-state index >= 15 is 0 Å². The topological polar surface area (TPSA) is 46.5 Å². The SMILES string of the molecule is CCC(C(=O)c1cccc(C)c1C)c1ccc(O)c(OC)c1. The molecule has 0 saturated carbocycles. The van der Waals surface area contributed by atoms with E-state index in [-0.39, 0.29) is 17.5 Å². The monoisotopic (exact) mass is 298 g/mol. The first-order valence-electron chi connectivity index (χ1n) is 7.46. The Bertz CT molecular complexity index is 689. The van der Waals surface area contributed by atoms with E-state index in [1.807, 2.05) is 39.0 Å². The fourth-order valence-electron chi connectivity index (χ4n) is 2.69. The van der Waals surface area contributed by atoms with Crippen LogP contribution in [0, 0.1) is 13.8 Å². The van der Waals surface area contributed by atoms with Crippen LogP contribution in [0.5, 0.6) is 11.5 Å². The van der Waals surface area contributed by atoms with E-state index in [2.05, 4.69) is 0 Å². The van der Waals surface area contributed by atoms with Crippen LogP contribution < -0.4 is 4.74 Å². The molecule has 0 fully saturated rings. The first kappa shape index (κ1) is 16.1. The van der Waals surface area contributed by atoms with Crippen molar-refractivity contribution in [3.63, 3.8) is 0 Å². The molecule has 2 aromatic carbocycles. The third-order valence-corrected chi connectivity index (χ3v) is 4.20. The standard InChI is InChI=1S/C19H22O3/c1-5-15(14-9-10-17(20)18(11-14)22-4)19(21)16-8-6-7-12(2)13(16)3/h6-11,15,20H,5H2,1-4H3. The zero-order valence-electron chi connectivity index (χ0n) is 13.5. The van der Waals surface area contributed by atoms with Gasteiger partial charge in [0.1, 0.15) is 0 Å². The van der Waals surface area contributed by atoms with Crippen LogP contribution in [0.1, 0.15) is 46.3 Å². The van der Waals surface area contributed by atoms with E-state index in [1.165, 1.54) is 7.11 Å². The molecule has 1 unspecified atom stereocenters. The molecular formula is C19H22O3. The van der Waals surface area contributed by atoms with Crippen LogP contribution in [0.15, 0.2) is 36.4 Å². The van der Waals surface area contributed by atoms with Crippen molar-refractivity contribution >= 4 is 5.78 Å². The lowest BCUT2D eigenvalue weighted by atomic mass is 9.86. The molecule has 0 bridgehead atoms. The predicted octanol–water partition coefficient (Wildman–Crippen LogP) is 4.39. The molecule has 0 aliphatic heterocycles. The summed E-state index contributed by atoms with van der Waals surface area (Å²) in [5.41, 5.74) is 3.77. The Balaban J connectivity index is 2.43. The van der Waals surface area contributed by atoms with Crippen molar-refractivity contribution < 1.29 is 14.6 Å². The van der Waals surface area contributed by atoms with Gasteiger partial charge in [0, 0.05) is 11.5 Å². The maximum absolute atomic E-state index is 12.9. The molecule has 22 heavy (non-hydrogen) atoms. The van der Waals surface area contributed by atoms with Gasteiger partial charge in [0.15, 0.2) is 17.3 Å². The summed E-state index contributed by atoms with van der Waals surface area (Å²) in [4.78, 5) is 12.9. The average Bonchev–Trinajstić information content (AvgIpc) is 2.52. The van der Waals surface area contributed by atoms with Gasteiger partial charge in [-0.25, -0.2) is 0 Å². The van der Waals surface area contributed by atoms with Crippen LogP contribution in [0.25, 0.3) is 0 Å². The number of phenols is 1. The van der Waals surface area contributed by atoms with Crippen LogP contribution >= 0.6 is 0 Å². The Morgan fingerprint density at radius 3 is 2.59 bits per heavy atom. The summed E-state index contributed by atoms with van der Waals surface area (Å²) in [6.45, 7) is 5.98. The molecule has 3 nitrogen and oxygen atoms in total. The largest absolute Gasteiger partial charge is 0.504 e. The summed E-state index contributed by atoms with van der Waals surface area (Å²) in [5, 5.41) is 9.72. The quantitative estimate of drug-likeness (QED) is 0.832. The minimum absolute atomic E-state index is 0.0836. The lowest BCUT2D eigenvalue weighted by Crippen LogP contribution is -2.14. The Morgan fingerprint density at radius 1 is 1.23 bits per heavy atom. The third kappa shape index (κ3) is 2.98. The molecule has 0 saturated heterocycles. The number of carbonyl (C=O) groups is 1. The van der Waals surface area contributed by atoms with Gasteiger partial charge in [-0.15, -0.1) is 0 Å². The minimum atomic E-state index is -0.241. The number of carbonyl (C=O) groups excluding carboxylic acids is 1. The first-order valence-corrected chi connectivity index (χ1v) is 7.46. The molecule has 0 spiro atoms. The van der Waals surface area contributed by atoms with Crippen molar-refractivity contribution in [2.24, 2.45) is 0 Å². The molecule has 0 amide bonds. The fraction of sp³-hybridized carbons (Fsp3) is 0.316. The molecule has 0 aliphatic rings. The fourth-order valence-corrected chi connectivity index (χ4v) is 2.69. The molecule has 0 heterocycles. The molecule has 0 radical (unpaired) electrons. The minimum Gasteiger partial charge on any atom is -0.504 e. The number of aryl methyl sites for hydroxylation is 1. The number of ketones is 1. The normalized spacial score (nSPS) is 12.0. The lowest BCUT2D eigenvalue weighted by molar-refractivity contribution is 0.0956. The maximum Gasteiger partial charge on any atom is 0.170 e. The molecule has 2 aromatic rings. The number of methoxy groups -OCH3 is 1. The second kappa shape index (κ2) is 6.65. The lowest BCUT2D eigenvalue weighted by Gasteiger charge is -2.17. The van der Waals surface area contributed by atoms with E-state index in [0.29, 0.717) is 12.2 Å². The Hall–Kier alpha value is -2.29. The number of hydrogen-bond acceptors (Lipinski definition) is 3. The Kier molecular flexibility index (Phi) is 4.86. The second-order valence-electron chi connectivity index (χ2n) is 5.50. The van der Waals surface area contributed by atoms with Gasteiger partial charge in [0.25, 0.3) is 0 Å². The summed E-state index contributed by atoms with van der Waals surface area (Å²) in [7, 11) is 1.51. The van der Waals surface area contributed by atoms with Crippen LogP contribution in [0.4, 0.5) is 0 Å². The molecule has 0 aromatic heterocycles. The number of ether oxygens (including phenoxy) is 1. The van der Waals surface area contributed by atoms with Gasteiger partial charge >= 0.3 is 0 Å². The highest BCUT2D eigenvalue weighted by Crippen LogP contribution is 2.33. The highest BCUT2D eigenvalue weighted by atomic mass is 16.5. The van der Waals surface area contributed by atoms with Crippen molar-refractivity contribution in [1.82, 2.24) is 0 Å². The zero-order chi connectivity index (χ0) is 16.3. The molecular weight excluding hydrogens is 276 g/mol. The van der Waals surface area contributed by atoms with E-state index in [4.69, 9.17) is 4.74 Å². The molecule has 1 N–H and O–H groups in total. The van der Waals surface area contributed by atoms with Gasteiger partial charge in [0.05, 0.1) is 7.11 Å². The van der Waals surface area contributed by atoms with Crippen LogP contribution in [-0.2, 0) is 0 Å². The number of rotatable bonds is 5. The Labute approximate surface area is 131 Å². The van der Waals surface area contributed by atoms with E-state index in [1.54, 1.807) is 18.2 Å². The summed E-state index contributed by atoms with van der Waals surface area (Å²) in [5.74, 6) is 0.344. The summed E-state index contributed by atoms with van der Waals surface area (Å²) < 4.78 is 5.15. The summed E-state index contributed by atoms with van der Waals surface area (Å²) >= 11 is 0. The number of Topliss-reactive ketones (excluding diaryl/α,β-unsaturated/α-hetero) is 1. The zero-order valence-corrected chi connectivity index (χ0v) is 13.5. The number of benzene rings is 2. The third-order valence-electron chi connectivity index (χ3n) is 4.20. The number of aromatic hydroxyl groups is 1. The van der Waals surface area contributed by atoms with E-state index in [9.17, 15) is 9.90 Å². The Morgan fingerprint density at radius 2 is 1.95 bits per heavy atom. The van der Waals surface area contributed by atoms with Crippen molar-refractivity contribution in [2.45, 2.75) is 33.1 Å². The van der Waals surface area contributed by atoms with Gasteiger partial charge in [-0.3, -0.25) is 4.79 Å². The average molecular weight is 298 g/mol. The molecule has 1 atom stereocenters. The predicted molar refractivity (Wildman–Crippen MR) is 87.9 cm³/mol. The highest BCUT2D eigenvalue weighted by molar-refractivity contribution is 6.02. The highest BCUT2D eigenvalue weighted by Gasteiger charge is 2.23. The smallest absolute Gasteiger partial charge is 0.170 e. The van der Waals surface area contributed by atoms with Crippen LogP contribution in [0.2, 0.25) is 0 Å². The first-order chi connectivity index (χ1) is 10.5. The van der Waals surface area contributed by atoms with Gasteiger partial charge in [-0.05, 0) is 49.1 Å². The summed E-state index contributed by atoms with van der Waals surface area (Å²) in [6.07, 6.45) is 0.695. The number of phenolic OH excluding ortho intramolecular Hbond substituents is 1. The van der Waals surface area contributed by atoms with E-state index in [0.717, 1.165) is 22.3 Å². The molecule has 3 heteroatoms. The van der Waals surface area contributed by atoms with Crippen molar-refractivity contribution in [1.29, 1.82) is 0 Å². The second-order valence-corrected chi connectivity index (χ2v) is 5.50. The number of hydrogen-bond donors (Lipinski definition) is 1. The van der Waals surface area contributed by atoms with Crippen molar-refractivity contribution in [3.8, 4) is 11.5 Å². The summed E-state index contributed by atoms with van der Waals surface area (Å²) in [6, 6.07) is 10.9. The molecule has 2 rings (SSSR count). The van der Waals surface area contributed by atoms with Gasteiger partial charge in [0.2, 0.25) is 0 Å². The molecule has 116 valence electrons. The van der Waals surface area contributed by atoms with Crippen LogP contribution in [-0.4, -0.2) is 18.0 Å². The molecule has 0 aliphatic carbocycles. The van der Waals surface area contributed by atoms with Crippen LogP contribution in [0.3, 0.4) is 0 Å². The van der Waals surface area contributed by atoms with Crippen molar-refractivity contribution in [2.75, 3.05) is 7.11 Å².